The predicted octanol–water partition coefficient (Wildman–Crippen LogP) is 0.934. The van der Waals surface area contributed by atoms with Gasteiger partial charge in [-0.25, -0.2) is 14.0 Å². The number of ether oxygens (including phenoxy) is 1. The number of carbonyl (C=O) groups excluding carboxylic acids is 1. The van der Waals surface area contributed by atoms with Gasteiger partial charge in [0.15, 0.2) is 6.02 Å². The van der Waals surface area contributed by atoms with Crippen LogP contribution in [-0.4, -0.2) is 35.5 Å². The summed E-state index contributed by atoms with van der Waals surface area (Å²) in [6, 6.07) is -2.69. The van der Waals surface area contributed by atoms with Crippen LogP contribution in [-0.2, 0) is 9.53 Å². The van der Waals surface area contributed by atoms with E-state index in [0.29, 0.717) is 0 Å². The largest absolute Gasteiger partial charge is 0.480 e. The summed E-state index contributed by atoms with van der Waals surface area (Å²) in [6.45, 7) is 3.15. The number of amides is 1. The van der Waals surface area contributed by atoms with Crippen molar-refractivity contribution in [1.82, 2.24) is 5.32 Å². The zero-order chi connectivity index (χ0) is 12.3. The van der Waals surface area contributed by atoms with Gasteiger partial charge >= 0.3 is 12.1 Å². The molecule has 2 N–H and O–H groups in total. The molecule has 0 bridgehead atoms. The molecule has 0 aliphatic carbocycles. The number of halogens is 1. The summed E-state index contributed by atoms with van der Waals surface area (Å²) in [6.07, 6.45) is -1.14. The summed E-state index contributed by atoms with van der Waals surface area (Å²) >= 11 is 0. The number of carbonyl (C=O) groups is 2. The van der Waals surface area contributed by atoms with Gasteiger partial charge in [-0.05, 0) is 20.8 Å². The van der Waals surface area contributed by atoms with Gasteiger partial charge in [-0.2, -0.15) is 0 Å². The van der Waals surface area contributed by atoms with Crippen LogP contribution in [0.15, 0.2) is 0 Å². The molecule has 0 rings (SSSR count). The number of carboxylic acid groups (broad SMARTS) is 1. The van der Waals surface area contributed by atoms with Gasteiger partial charge in [0, 0.05) is 0 Å². The third-order valence-corrected chi connectivity index (χ3v) is 1.04. The molecule has 5 nitrogen and oxygen atoms in total. The van der Waals surface area contributed by atoms with E-state index in [0.717, 1.165) is 0 Å². The van der Waals surface area contributed by atoms with Crippen molar-refractivity contribution < 1.29 is 25.2 Å². The summed E-state index contributed by atoms with van der Waals surface area (Å²) < 4.78 is 24.0. The molecule has 0 radical (unpaired) electrons. The Labute approximate surface area is 82.6 Å². The van der Waals surface area contributed by atoms with Crippen molar-refractivity contribution in [2.45, 2.75) is 32.4 Å². The molecule has 1 unspecified atom stereocenters. The Morgan fingerprint density at radius 2 is 2.14 bits per heavy atom. The monoisotopic (exact) mass is 208 g/mol. The Bertz CT molecular complexity index is 266. The molecule has 1 amide bonds. The molecule has 0 saturated heterocycles. The molecular formula is C8H14FNO4. The summed E-state index contributed by atoms with van der Waals surface area (Å²) in [4.78, 5) is 21.5. The molecule has 6 heteroatoms. The quantitative estimate of drug-likeness (QED) is 0.723. The van der Waals surface area contributed by atoms with E-state index in [2.05, 4.69) is 4.74 Å². The lowest BCUT2D eigenvalue weighted by Crippen LogP contribution is -2.44. The first kappa shape index (κ1) is 10.7. The summed E-state index contributed by atoms with van der Waals surface area (Å²) in [7, 11) is 0. The second kappa shape index (κ2) is 4.78. The van der Waals surface area contributed by atoms with E-state index in [9.17, 15) is 14.0 Å². The fourth-order valence-corrected chi connectivity index (χ4v) is 0.571. The number of aliphatic carboxylic acids is 1. The van der Waals surface area contributed by atoms with Crippen LogP contribution in [0.4, 0.5) is 9.18 Å². The van der Waals surface area contributed by atoms with Gasteiger partial charge in [0.2, 0.25) is 0 Å². The molecule has 0 aromatic heterocycles. The Hall–Kier alpha value is -1.33. The second-order valence-electron chi connectivity index (χ2n) is 3.54. The number of hydrogen-bond donors (Lipinski definition) is 2. The van der Waals surface area contributed by atoms with Crippen molar-refractivity contribution in [3.8, 4) is 0 Å². The van der Waals surface area contributed by atoms with Crippen LogP contribution in [0.2, 0.25) is 0 Å². The Morgan fingerprint density at radius 3 is 2.43 bits per heavy atom. The van der Waals surface area contributed by atoms with Crippen LogP contribution < -0.4 is 5.32 Å². The summed E-state index contributed by atoms with van der Waals surface area (Å²) in [5.41, 5.74) is -0.834. The minimum absolute atomic E-state index is 0.834. The van der Waals surface area contributed by atoms with Gasteiger partial charge in [0.1, 0.15) is 12.3 Å². The van der Waals surface area contributed by atoms with Crippen molar-refractivity contribution in [2.75, 3.05) is 6.67 Å². The Balaban J connectivity index is 4.45. The average molecular weight is 208 g/mol. The molecule has 0 aliphatic heterocycles. The van der Waals surface area contributed by atoms with Crippen molar-refractivity contribution in [1.29, 1.82) is 0 Å². The van der Waals surface area contributed by atoms with Crippen LogP contribution in [0.25, 0.3) is 0 Å². The maximum absolute atomic E-state index is 12.2. The van der Waals surface area contributed by atoms with Crippen LogP contribution >= 0.6 is 0 Å². The molecule has 14 heavy (non-hydrogen) atoms. The van der Waals surface area contributed by atoms with Gasteiger partial charge in [0.25, 0.3) is 0 Å². The maximum atomic E-state index is 12.2. The van der Waals surface area contributed by atoms with E-state index < -0.39 is 30.4 Å². The normalized spacial score (nSPS) is 16.4. The number of hydrogen-bond acceptors (Lipinski definition) is 3. The molecule has 0 aliphatic rings. The molecule has 0 aromatic rings. The SMILES string of the molecule is [2H]C(CF)(NC(=O)OC(C)(C)C)C(=O)O. The fraction of sp³-hybridized carbons (Fsp3) is 0.750. The van der Waals surface area contributed by atoms with E-state index in [1.165, 1.54) is 0 Å². The lowest BCUT2D eigenvalue weighted by Gasteiger charge is -2.20. The first-order valence-electron chi connectivity index (χ1n) is 4.41. The average Bonchev–Trinajstić information content (AvgIpc) is 1.99. The third kappa shape index (κ3) is 5.34. The molecule has 0 saturated carbocycles. The number of rotatable bonds is 3. The summed E-state index contributed by atoms with van der Waals surface area (Å²) in [5.74, 6) is -1.78. The first-order valence-corrected chi connectivity index (χ1v) is 3.91. The molecular weight excluding hydrogens is 193 g/mol. The molecule has 0 aromatic carbocycles. The standard InChI is InChI=1S/C8H14FNO4/c1-8(2,3)14-7(13)10-5(4-9)6(11)12/h5H,4H2,1-3H3,(H,10,13)(H,11,12)/i5D. The minimum atomic E-state index is -2.69. The molecule has 1 atom stereocenters. The maximum Gasteiger partial charge on any atom is 0.408 e. The highest BCUT2D eigenvalue weighted by Gasteiger charge is 2.23. The number of nitrogens with one attached hydrogen (secondary N) is 1. The second-order valence-corrected chi connectivity index (χ2v) is 3.54. The Morgan fingerprint density at radius 1 is 1.64 bits per heavy atom. The fourth-order valence-electron chi connectivity index (χ4n) is 0.571. The smallest absolute Gasteiger partial charge is 0.408 e. The van der Waals surface area contributed by atoms with E-state index >= 15 is 0 Å². The van der Waals surface area contributed by atoms with E-state index in [1.807, 2.05) is 0 Å². The molecule has 0 spiro atoms. The topological polar surface area (TPSA) is 75.6 Å². The van der Waals surface area contributed by atoms with Crippen LogP contribution in [0.1, 0.15) is 22.1 Å². The highest BCUT2D eigenvalue weighted by Crippen LogP contribution is 2.06. The number of alkyl carbamates (subject to hydrolysis) is 1. The van der Waals surface area contributed by atoms with E-state index in [4.69, 9.17) is 6.48 Å². The van der Waals surface area contributed by atoms with Crippen molar-refractivity contribution >= 4 is 12.1 Å². The van der Waals surface area contributed by atoms with Gasteiger partial charge in [-0.1, -0.05) is 0 Å². The third-order valence-electron chi connectivity index (χ3n) is 1.04. The first-order chi connectivity index (χ1) is 6.60. The highest BCUT2D eigenvalue weighted by atomic mass is 19.1. The van der Waals surface area contributed by atoms with Crippen molar-refractivity contribution in [2.24, 2.45) is 0 Å². The Kier molecular flexibility index (Phi) is 3.67. The van der Waals surface area contributed by atoms with Gasteiger partial charge in [-0.15, -0.1) is 0 Å². The van der Waals surface area contributed by atoms with Crippen LogP contribution in [0.3, 0.4) is 0 Å². The molecule has 82 valence electrons. The predicted molar refractivity (Wildman–Crippen MR) is 46.8 cm³/mol. The van der Waals surface area contributed by atoms with Gasteiger partial charge in [-0.3, -0.25) is 0 Å². The van der Waals surface area contributed by atoms with Gasteiger partial charge in [0.05, 0.1) is 1.37 Å². The van der Waals surface area contributed by atoms with Crippen LogP contribution in [0.5, 0.6) is 0 Å². The molecule has 0 fully saturated rings. The summed E-state index contributed by atoms with van der Waals surface area (Å²) in [5, 5.41) is 10.1. The lowest BCUT2D eigenvalue weighted by atomic mass is 10.2. The van der Waals surface area contributed by atoms with E-state index in [-0.39, 0.29) is 0 Å². The zero-order valence-corrected chi connectivity index (χ0v) is 8.26. The van der Waals surface area contributed by atoms with Crippen LogP contribution in [0, 0.1) is 0 Å². The molecule has 0 heterocycles. The zero-order valence-electron chi connectivity index (χ0n) is 9.26. The van der Waals surface area contributed by atoms with Crippen molar-refractivity contribution in [3.05, 3.63) is 0 Å². The number of alkyl halides is 1. The minimum Gasteiger partial charge on any atom is -0.480 e. The number of carboxylic acids is 1. The lowest BCUT2D eigenvalue weighted by molar-refractivity contribution is -0.139. The van der Waals surface area contributed by atoms with E-state index in [1.54, 1.807) is 26.1 Å². The van der Waals surface area contributed by atoms with Crippen molar-refractivity contribution in [3.63, 3.8) is 0 Å². The van der Waals surface area contributed by atoms with Gasteiger partial charge < -0.3 is 15.2 Å². The highest BCUT2D eigenvalue weighted by molar-refractivity contribution is 5.80.